The number of carbonyl (C=O) groups is 3. The maximum absolute atomic E-state index is 13.4. The predicted octanol–water partition coefficient (Wildman–Crippen LogP) is 3.02. The fourth-order valence-electron chi connectivity index (χ4n) is 4.02. The van der Waals surface area contributed by atoms with Gasteiger partial charge in [-0.1, -0.05) is 51.1 Å². The molecule has 1 unspecified atom stereocenters. The summed E-state index contributed by atoms with van der Waals surface area (Å²) in [7, 11) is 0. The number of aliphatic hydroxyl groups is 1. The molecule has 1 fully saturated rings. The SMILES string of the molecule is C=CCNC(=O)OC(C(=O)N1C[C@H](O)C[C@H]1C(=O)NCc1ccc(-c2scnc2C)cc1)C(C)(C)C. The Morgan fingerprint density at radius 2 is 1.97 bits per heavy atom. The van der Waals surface area contributed by atoms with Crippen molar-refractivity contribution in [3.05, 3.63) is 53.7 Å². The first-order chi connectivity index (χ1) is 17.0. The highest BCUT2D eigenvalue weighted by Gasteiger charge is 2.45. The normalized spacial score (nSPS) is 18.4. The van der Waals surface area contributed by atoms with Crippen LogP contribution >= 0.6 is 11.3 Å². The molecule has 9 nitrogen and oxygen atoms in total. The van der Waals surface area contributed by atoms with Crippen molar-refractivity contribution < 1.29 is 24.2 Å². The maximum atomic E-state index is 13.4. The van der Waals surface area contributed by atoms with Crippen LogP contribution in [0.3, 0.4) is 0 Å². The molecule has 2 heterocycles. The number of likely N-dealkylation sites (tertiary alicyclic amines) is 1. The lowest BCUT2D eigenvalue weighted by molar-refractivity contribution is -0.150. The Morgan fingerprint density at radius 3 is 2.56 bits per heavy atom. The smallest absolute Gasteiger partial charge is 0.408 e. The van der Waals surface area contributed by atoms with Gasteiger partial charge in [-0.2, -0.15) is 0 Å². The molecule has 3 atom stereocenters. The molecular formula is C26H34N4O5S. The number of β-amino-alcohol motifs (C(OH)–C–C–N with tert-alkyl or cyclic N) is 1. The monoisotopic (exact) mass is 514 g/mol. The third-order valence-electron chi connectivity index (χ3n) is 5.92. The van der Waals surface area contributed by atoms with Crippen LogP contribution in [0.2, 0.25) is 0 Å². The number of benzene rings is 1. The summed E-state index contributed by atoms with van der Waals surface area (Å²) >= 11 is 1.58. The van der Waals surface area contributed by atoms with E-state index < -0.39 is 35.7 Å². The minimum absolute atomic E-state index is 0.00989. The number of aromatic nitrogens is 1. The summed E-state index contributed by atoms with van der Waals surface area (Å²) in [6, 6.07) is 6.98. The molecule has 1 aromatic carbocycles. The molecule has 0 spiro atoms. The predicted molar refractivity (Wildman–Crippen MR) is 138 cm³/mol. The summed E-state index contributed by atoms with van der Waals surface area (Å²) in [5, 5.41) is 15.6. The Kier molecular flexibility index (Phi) is 8.86. The Hall–Kier alpha value is -3.24. The highest BCUT2D eigenvalue weighted by molar-refractivity contribution is 7.13. The van der Waals surface area contributed by atoms with Gasteiger partial charge in [0.25, 0.3) is 5.91 Å². The summed E-state index contributed by atoms with van der Waals surface area (Å²) in [4.78, 5) is 45.3. The highest BCUT2D eigenvalue weighted by Crippen LogP contribution is 2.29. The van der Waals surface area contributed by atoms with Gasteiger partial charge in [-0.25, -0.2) is 9.78 Å². The van der Waals surface area contributed by atoms with Crippen LogP contribution in [0.1, 0.15) is 38.4 Å². The van der Waals surface area contributed by atoms with Crippen LogP contribution in [-0.4, -0.2) is 64.2 Å². The average Bonchev–Trinajstić information content (AvgIpc) is 3.44. The molecule has 1 saturated heterocycles. The van der Waals surface area contributed by atoms with Gasteiger partial charge < -0.3 is 25.4 Å². The summed E-state index contributed by atoms with van der Waals surface area (Å²) in [6.07, 6.45) is -1.12. The van der Waals surface area contributed by atoms with E-state index in [1.54, 1.807) is 32.1 Å². The van der Waals surface area contributed by atoms with Gasteiger partial charge in [0.2, 0.25) is 5.91 Å². The molecule has 3 rings (SSSR count). The summed E-state index contributed by atoms with van der Waals surface area (Å²) in [5.74, 6) is -0.886. The molecule has 3 amide bonds. The van der Waals surface area contributed by atoms with E-state index >= 15 is 0 Å². The van der Waals surface area contributed by atoms with E-state index in [0.717, 1.165) is 21.7 Å². The van der Waals surface area contributed by atoms with Gasteiger partial charge in [0.05, 0.1) is 22.2 Å². The zero-order chi connectivity index (χ0) is 26.5. The number of thiazole rings is 1. The van der Waals surface area contributed by atoms with E-state index in [-0.39, 0.29) is 32.0 Å². The third kappa shape index (κ3) is 6.70. The standard InChI is InChI=1S/C26H34N4O5S/c1-6-11-27-25(34)35-22(26(3,4)5)24(33)30-14-19(31)12-20(30)23(32)28-13-17-7-9-18(10-8-17)21-16(2)29-15-36-21/h6-10,15,19-20,22,31H,1,11-14H2,2-5H3,(H,27,34)(H,28,32)/t19-,20+,22?/m1/s1. The molecule has 10 heteroatoms. The number of ether oxygens (including phenoxy) is 1. The molecular weight excluding hydrogens is 480 g/mol. The summed E-state index contributed by atoms with van der Waals surface area (Å²) in [5.41, 5.74) is 4.02. The zero-order valence-corrected chi connectivity index (χ0v) is 21.9. The van der Waals surface area contributed by atoms with Crippen molar-refractivity contribution in [3.63, 3.8) is 0 Å². The first-order valence-electron chi connectivity index (χ1n) is 11.8. The topological polar surface area (TPSA) is 121 Å². The largest absolute Gasteiger partial charge is 0.436 e. The fraction of sp³-hybridized carbons (Fsp3) is 0.462. The number of hydrogen-bond acceptors (Lipinski definition) is 7. The number of aryl methyl sites for hydroxylation is 1. The molecule has 0 radical (unpaired) electrons. The molecule has 1 aliphatic rings. The van der Waals surface area contributed by atoms with Gasteiger partial charge in [-0.3, -0.25) is 9.59 Å². The molecule has 2 aromatic rings. The van der Waals surface area contributed by atoms with Crippen LogP contribution in [-0.2, 0) is 20.9 Å². The Bertz CT molecular complexity index is 1090. The van der Waals surface area contributed by atoms with Gasteiger partial charge in [0, 0.05) is 31.5 Å². The molecule has 3 N–H and O–H groups in total. The Labute approximate surface area is 215 Å². The first kappa shape index (κ1) is 27.3. The van der Waals surface area contributed by atoms with Gasteiger partial charge >= 0.3 is 6.09 Å². The van der Waals surface area contributed by atoms with E-state index in [4.69, 9.17) is 4.74 Å². The number of hydrogen-bond donors (Lipinski definition) is 3. The molecule has 0 bridgehead atoms. The van der Waals surface area contributed by atoms with Crippen molar-refractivity contribution >= 4 is 29.2 Å². The minimum atomic E-state index is -1.13. The minimum Gasteiger partial charge on any atom is -0.436 e. The van der Waals surface area contributed by atoms with Crippen molar-refractivity contribution in [1.29, 1.82) is 0 Å². The molecule has 1 aliphatic heterocycles. The van der Waals surface area contributed by atoms with Gasteiger partial charge in [-0.15, -0.1) is 17.9 Å². The summed E-state index contributed by atoms with van der Waals surface area (Å²) in [6.45, 7) is 11.3. The molecule has 194 valence electrons. The van der Waals surface area contributed by atoms with Crippen LogP contribution in [0.25, 0.3) is 10.4 Å². The molecule has 0 saturated carbocycles. The number of nitrogens with zero attached hydrogens (tertiary/aromatic N) is 2. The van der Waals surface area contributed by atoms with E-state index in [9.17, 15) is 19.5 Å². The number of alkyl carbamates (subject to hydrolysis) is 1. The van der Waals surface area contributed by atoms with Crippen molar-refractivity contribution in [2.24, 2.45) is 5.41 Å². The van der Waals surface area contributed by atoms with Crippen molar-refractivity contribution in [2.75, 3.05) is 13.1 Å². The quantitative estimate of drug-likeness (QED) is 0.466. The zero-order valence-electron chi connectivity index (χ0n) is 21.1. The van der Waals surface area contributed by atoms with Crippen molar-refractivity contribution in [1.82, 2.24) is 20.5 Å². The van der Waals surface area contributed by atoms with Crippen LogP contribution in [0.4, 0.5) is 4.79 Å². The lowest BCUT2D eigenvalue weighted by atomic mass is 9.88. The van der Waals surface area contributed by atoms with Gasteiger partial charge in [0.1, 0.15) is 6.04 Å². The lowest BCUT2D eigenvalue weighted by Crippen LogP contribution is -2.53. The molecule has 0 aliphatic carbocycles. The van der Waals surface area contributed by atoms with Crippen LogP contribution in [0.5, 0.6) is 0 Å². The van der Waals surface area contributed by atoms with Gasteiger partial charge in [-0.05, 0) is 18.1 Å². The van der Waals surface area contributed by atoms with Crippen LogP contribution in [0.15, 0.2) is 42.4 Å². The van der Waals surface area contributed by atoms with Crippen molar-refractivity contribution in [2.45, 2.75) is 58.9 Å². The average molecular weight is 515 g/mol. The van der Waals surface area contributed by atoms with E-state index in [1.807, 2.05) is 36.7 Å². The van der Waals surface area contributed by atoms with E-state index in [1.165, 1.54) is 11.0 Å². The van der Waals surface area contributed by atoms with E-state index in [0.29, 0.717) is 0 Å². The highest BCUT2D eigenvalue weighted by atomic mass is 32.1. The molecule has 36 heavy (non-hydrogen) atoms. The number of aliphatic hydroxyl groups excluding tert-OH is 1. The second kappa shape index (κ2) is 11.7. The van der Waals surface area contributed by atoms with Gasteiger partial charge in [0.15, 0.2) is 6.10 Å². The van der Waals surface area contributed by atoms with Crippen LogP contribution in [0, 0.1) is 12.3 Å². The number of nitrogens with one attached hydrogen (secondary N) is 2. The van der Waals surface area contributed by atoms with E-state index in [2.05, 4.69) is 22.2 Å². The number of amides is 3. The van der Waals surface area contributed by atoms with Crippen molar-refractivity contribution in [3.8, 4) is 10.4 Å². The summed E-state index contributed by atoms with van der Waals surface area (Å²) < 4.78 is 5.43. The first-order valence-corrected chi connectivity index (χ1v) is 12.7. The second-order valence-electron chi connectivity index (χ2n) is 9.90. The Balaban J connectivity index is 1.66. The Morgan fingerprint density at radius 1 is 1.28 bits per heavy atom. The second-order valence-corrected chi connectivity index (χ2v) is 10.8. The fourth-order valence-corrected chi connectivity index (χ4v) is 4.83. The lowest BCUT2D eigenvalue weighted by Gasteiger charge is -2.34. The third-order valence-corrected chi connectivity index (χ3v) is 6.90. The maximum Gasteiger partial charge on any atom is 0.408 e. The number of carbonyl (C=O) groups excluding carboxylic acids is 3. The van der Waals surface area contributed by atoms with Crippen LogP contribution < -0.4 is 10.6 Å². The molecule has 1 aromatic heterocycles. The number of rotatable bonds is 8.